The fourth-order valence-corrected chi connectivity index (χ4v) is 4.88. The Morgan fingerprint density at radius 1 is 1.10 bits per heavy atom. The van der Waals surface area contributed by atoms with Crippen LogP contribution in [0, 0.1) is 13.8 Å². The molecule has 1 aromatic heterocycles. The maximum Gasteiger partial charge on any atom is 0.346 e. The van der Waals surface area contributed by atoms with E-state index in [-0.39, 0.29) is 17.5 Å². The lowest BCUT2D eigenvalue weighted by Crippen LogP contribution is -2.41. The summed E-state index contributed by atoms with van der Waals surface area (Å²) in [5.74, 6) is 0.385. The van der Waals surface area contributed by atoms with Crippen molar-refractivity contribution in [2.24, 2.45) is 0 Å². The highest BCUT2D eigenvalue weighted by molar-refractivity contribution is 5.83. The van der Waals surface area contributed by atoms with Gasteiger partial charge in [-0.1, -0.05) is 48.0 Å². The number of nitrogens with zero attached hydrogens (tertiary/aromatic N) is 4. The normalized spacial score (nSPS) is 17.9. The van der Waals surface area contributed by atoms with Crippen LogP contribution < -0.4 is 5.69 Å². The molecule has 3 aromatic rings. The Labute approximate surface area is 182 Å². The molecule has 0 saturated heterocycles. The molecule has 6 heteroatoms. The Morgan fingerprint density at radius 2 is 1.90 bits per heavy atom. The number of carbonyl (C=O) groups excluding carboxylic acids is 1. The molecule has 5 rings (SSSR count). The molecule has 2 aliphatic rings. The summed E-state index contributed by atoms with van der Waals surface area (Å²) >= 11 is 0. The fraction of sp³-hybridized carbons (Fsp3) is 0.400. The number of benzene rings is 2. The number of hydrogen-bond acceptors (Lipinski definition) is 3. The zero-order valence-corrected chi connectivity index (χ0v) is 18.2. The molecule has 0 N–H and O–H groups in total. The summed E-state index contributed by atoms with van der Waals surface area (Å²) in [6.45, 7) is 6.53. The van der Waals surface area contributed by atoms with Crippen LogP contribution in [0.4, 0.5) is 0 Å². The number of hydrogen-bond donors (Lipinski definition) is 0. The van der Waals surface area contributed by atoms with E-state index in [1.165, 1.54) is 15.8 Å². The average Bonchev–Trinajstić information content (AvgIpc) is 3.11. The lowest BCUT2D eigenvalue weighted by atomic mass is 9.94. The number of aromatic nitrogens is 3. The SMILES string of the molecule is Cc1ccc(C)c(Cn2nc3n(c2=O)CCCC3C(=O)N2CCc3ccccc3C2)c1. The summed E-state index contributed by atoms with van der Waals surface area (Å²) in [5.41, 5.74) is 5.82. The van der Waals surface area contributed by atoms with Gasteiger partial charge in [0.05, 0.1) is 12.5 Å². The van der Waals surface area contributed by atoms with Crippen LogP contribution in [0.15, 0.2) is 47.3 Å². The molecule has 0 aliphatic carbocycles. The molecule has 31 heavy (non-hydrogen) atoms. The van der Waals surface area contributed by atoms with Crippen LogP contribution in [0.25, 0.3) is 0 Å². The molecular weight excluding hydrogens is 388 g/mol. The molecule has 1 atom stereocenters. The zero-order chi connectivity index (χ0) is 21.5. The predicted octanol–water partition coefficient (Wildman–Crippen LogP) is 3.17. The van der Waals surface area contributed by atoms with Crippen molar-refractivity contribution in [2.45, 2.75) is 58.7 Å². The highest BCUT2D eigenvalue weighted by Gasteiger charge is 2.35. The highest BCUT2D eigenvalue weighted by Crippen LogP contribution is 2.29. The molecule has 1 amide bonds. The van der Waals surface area contributed by atoms with Gasteiger partial charge < -0.3 is 4.90 Å². The van der Waals surface area contributed by atoms with Crippen LogP contribution in [0.5, 0.6) is 0 Å². The van der Waals surface area contributed by atoms with Crippen molar-refractivity contribution in [3.63, 3.8) is 0 Å². The van der Waals surface area contributed by atoms with E-state index in [0.717, 1.165) is 42.5 Å². The summed E-state index contributed by atoms with van der Waals surface area (Å²) in [7, 11) is 0. The second-order valence-corrected chi connectivity index (χ2v) is 8.85. The van der Waals surface area contributed by atoms with Crippen LogP contribution in [0.1, 0.15) is 52.4 Å². The van der Waals surface area contributed by atoms with Gasteiger partial charge >= 0.3 is 5.69 Å². The van der Waals surface area contributed by atoms with E-state index in [9.17, 15) is 9.59 Å². The largest absolute Gasteiger partial charge is 0.346 e. The summed E-state index contributed by atoms with van der Waals surface area (Å²) < 4.78 is 3.25. The van der Waals surface area contributed by atoms with Crippen LogP contribution in [0.2, 0.25) is 0 Å². The predicted molar refractivity (Wildman–Crippen MR) is 119 cm³/mol. The third-order valence-corrected chi connectivity index (χ3v) is 6.70. The summed E-state index contributed by atoms with van der Waals surface area (Å²) in [6.07, 6.45) is 2.45. The lowest BCUT2D eigenvalue weighted by molar-refractivity contribution is -0.134. The number of carbonyl (C=O) groups is 1. The molecule has 2 aromatic carbocycles. The molecule has 6 nitrogen and oxygen atoms in total. The van der Waals surface area contributed by atoms with Gasteiger partial charge in [0.2, 0.25) is 5.91 Å². The van der Waals surface area contributed by atoms with Gasteiger partial charge in [0.15, 0.2) is 0 Å². The molecule has 0 saturated carbocycles. The van der Waals surface area contributed by atoms with Gasteiger partial charge in [-0.05, 0) is 55.4 Å². The van der Waals surface area contributed by atoms with Crippen molar-refractivity contribution in [1.82, 2.24) is 19.2 Å². The molecule has 160 valence electrons. The van der Waals surface area contributed by atoms with E-state index >= 15 is 0 Å². The topological polar surface area (TPSA) is 60.1 Å². The molecule has 0 radical (unpaired) electrons. The lowest BCUT2D eigenvalue weighted by Gasteiger charge is -2.32. The molecule has 0 spiro atoms. The van der Waals surface area contributed by atoms with Gasteiger partial charge in [-0.2, -0.15) is 5.10 Å². The van der Waals surface area contributed by atoms with Gasteiger partial charge in [0, 0.05) is 19.6 Å². The van der Waals surface area contributed by atoms with Crippen LogP contribution in [-0.4, -0.2) is 31.7 Å². The van der Waals surface area contributed by atoms with E-state index in [2.05, 4.69) is 55.3 Å². The third kappa shape index (κ3) is 3.60. The first kappa shape index (κ1) is 19.8. The minimum atomic E-state index is -0.341. The maximum atomic E-state index is 13.5. The highest BCUT2D eigenvalue weighted by atomic mass is 16.2. The zero-order valence-electron chi connectivity index (χ0n) is 18.2. The van der Waals surface area contributed by atoms with E-state index in [1.54, 1.807) is 4.57 Å². The monoisotopic (exact) mass is 416 g/mol. The molecule has 2 aliphatic heterocycles. The molecule has 1 unspecified atom stereocenters. The second kappa shape index (κ2) is 7.84. The van der Waals surface area contributed by atoms with Crippen molar-refractivity contribution in [3.05, 3.63) is 86.6 Å². The average molecular weight is 417 g/mol. The van der Waals surface area contributed by atoms with Crippen molar-refractivity contribution in [1.29, 1.82) is 0 Å². The Hall–Kier alpha value is -3.15. The standard InChI is InChI=1S/C25H28N4O2/c1-17-9-10-18(2)21(14-17)16-29-25(31)28-12-5-8-22(23(28)26-29)24(30)27-13-11-19-6-3-4-7-20(19)15-27/h3-4,6-7,9-10,14,22H,5,8,11-13,15-16H2,1-2H3. The molecule has 3 heterocycles. The second-order valence-electron chi connectivity index (χ2n) is 8.85. The number of aryl methyl sites for hydroxylation is 2. The maximum absolute atomic E-state index is 13.5. The molecule has 0 bridgehead atoms. The number of amides is 1. The first-order chi connectivity index (χ1) is 15.0. The smallest absolute Gasteiger partial charge is 0.337 e. The molecular formula is C25H28N4O2. The van der Waals surface area contributed by atoms with Gasteiger partial charge in [-0.15, -0.1) is 0 Å². The van der Waals surface area contributed by atoms with E-state index in [4.69, 9.17) is 0 Å². The van der Waals surface area contributed by atoms with Crippen molar-refractivity contribution < 1.29 is 4.79 Å². The Morgan fingerprint density at radius 3 is 2.74 bits per heavy atom. The quantitative estimate of drug-likeness (QED) is 0.659. The van der Waals surface area contributed by atoms with Gasteiger partial charge in [-0.3, -0.25) is 9.36 Å². The summed E-state index contributed by atoms with van der Waals surface area (Å²) in [4.78, 5) is 28.5. The first-order valence-electron chi connectivity index (χ1n) is 11.1. The van der Waals surface area contributed by atoms with E-state index in [0.29, 0.717) is 25.5 Å². The van der Waals surface area contributed by atoms with Crippen molar-refractivity contribution >= 4 is 5.91 Å². The van der Waals surface area contributed by atoms with E-state index in [1.807, 2.05) is 11.0 Å². The van der Waals surface area contributed by atoms with E-state index < -0.39 is 0 Å². The summed E-state index contributed by atoms with van der Waals surface area (Å²) in [5, 5.41) is 4.68. The third-order valence-electron chi connectivity index (χ3n) is 6.70. The fourth-order valence-electron chi connectivity index (χ4n) is 4.88. The minimum absolute atomic E-state index is 0.0966. The van der Waals surface area contributed by atoms with Gasteiger partial charge in [-0.25, -0.2) is 9.48 Å². The Bertz CT molecular complexity index is 1210. The molecule has 0 fully saturated rings. The minimum Gasteiger partial charge on any atom is -0.337 e. The first-order valence-corrected chi connectivity index (χ1v) is 11.1. The van der Waals surface area contributed by atoms with Crippen LogP contribution in [0.3, 0.4) is 0 Å². The van der Waals surface area contributed by atoms with Crippen LogP contribution in [-0.2, 0) is 30.8 Å². The van der Waals surface area contributed by atoms with Gasteiger partial charge in [0.1, 0.15) is 5.82 Å². The number of fused-ring (bicyclic) bond motifs is 2. The Kier molecular flexibility index (Phi) is 5.00. The van der Waals surface area contributed by atoms with Crippen LogP contribution >= 0.6 is 0 Å². The number of rotatable bonds is 3. The Balaban J connectivity index is 1.43. The summed E-state index contributed by atoms with van der Waals surface area (Å²) in [6, 6.07) is 14.6. The van der Waals surface area contributed by atoms with Crippen molar-refractivity contribution in [3.8, 4) is 0 Å². The van der Waals surface area contributed by atoms with Crippen molar-refractivity contribution in [2.75, 3.05) is 6.54 Å². The van der Waals surface area contributed by atoms with Gasteiger partial charge in [0.25, 0.3) is 0 Å².